The first-order valence-corrected chi connectivity index (χ1v) is 5.38. The minimum Gasteiger partial charge on any atom is -0.461 e. The van der Waals surface area contributed by atoms with Crippen molar-refractivity contribution in [1.82, 2.24) is 14.5 Å². The van der Waals surface area contributed by atoms with E-state index in [-0.39, 0.29) is 5.78 Å². The molecule has 2 aromatic heterocycles. The molecule has 0 N–H and O–H groups in total. The Balaban J connectivity index is 1.92. The number of nitrogens with zero attached hydrogens (tertiary/aromatic N) is 3. The Hall–Kier alpha value is -1.88. The van der Waals surface area contributed by atoms with Gasteiger partial charge < -0.3 is 8.98 Å². The zero-order valence-corrected chi connectivity index (χ0v) is 9.96. The predicted octanol–water partition coefficient (Wildman–Crippen LogP) is 1.33. The molecule has 0 aromatic carbocycles. The predicted molar refractivity (Wildman–Crippen MR) is 62.6 cm³/mol. The van der Waals surface area contributed by atoms with Crippen LogP contribution in [0.2, 0.25) is 0 Å². The number of hydrogen-bond donors (Lipinski definition) is 0. The van der Waals surface area contributed by atoms with Crippen LogP contribution in [0.5, 0.6) is 0 Å². The summed E-state index contributed by atoms with van der Waals surface area (Å²) in [5.74, 6) is 1.31. The van der Waals surface area contributed by atoms with Gasteiger partial charge in [-0.3, -0.25) is 9.69 Å². The average Bonchev–Trinajstić information content (AvgIpc) is 2.90. The fraction of sp³-hybridized carbons (Fsp3) is 0.333. The molecule has 90 valence electrons. The van der Waals surface area contributed by atoms with Gasteiger partial charge in [-0.15, -0.1) is 0 Å². The molecule has 0 radical (unpaired) electrons. The number of imidazole rings is 1. The lowest BCUT2D eigenvalue weighted by atomic mass is 10.3. The second-order valence-electron chi connectivity index (χ2n) is 4.03. The minimum atomic E-state index is -0.0216. The average molecular weight is 233 g/mol. The quantitative estimate of drug-likeness (QED) is 0.731. The lowest BCUT2D eigenvalue weighted by molar-refractivity contribution is 0.0914. The Kier molecular flexibility index (Phi) is 3.39. The summed E-state index contributed by atoms with van der Waals surface area (Å²) < 4.78 is 7.00. The van der Waals surface area contributed by atoms with Crippen LogP contribution in [-0.4, -0.2) is 33.8 Å². The first kappa shape index (κ1) is 11.6. The highest BCUT2D eigenvalue weighted by Gasteiger charge is 2.13. The molecule has 2 rings (SSSR count). The third kappa shape index (κ3) is 2.82. The molecule has 2 aromatic rings. The van der Waals surface area contributed by atoms with Crippen LogP contribution in [0.3, 0.4) is 0 Å². The number of carbonyl (C=O) groups excluding carboxylic acids is 1. The van der Waals surface area contributed by atoms with E-state index in [0.717, 1.165) is 5.82 Å². The number of hydrogen-bond acceptors (Lipinski definition) is 4. The number of furan rings is 1. The van der Waals surface area contributed by atoms with Crippen LogP contribution in [0.25, 0.3) is 0 Å². The molecule has 0 saturated heterocycles. The van der Waals surface area contributed by atoms with E-state index in [1.54, 1.807) is 18.3 Å². The minimum absolute atomic E-state index is 0.0216. The lowest BCUT2D eigenvalue weighted by Gasteiger charge is -2.14. The molecule has 0 unspecified atom stereocenters. The van der Waals surface area contributed by atoms with Crippen molar-refractivity contribution in [3.8, 4) is 0 Å². The fourth-order valence-corrected chi connectivity index (χ4v) is 1.61. The van der Waals surface area contributed by atoms with Gasteiger partial charge in [-0.2, -0.15) is 0 Å². The Bertz CT molecular complexity index is 488. The summed E-state index contributed by atoms with van der Waals surface area (Å²) in [5.41, 5.74) is 0. The molecule has 0 aliphatic rings. The molecule has 0 aliphatic carbocycles. The van der Waals surface area contributed by atoms with Gasteiger partial charge in [0.15, 0.2) is 5.76 Å². The zero-order chi connectivity index (χ0) is 12.3. The largest absolute Gasteiger partial charge is 0.461 e. The monoisotopic (exact) mass is 233 g/mol. The SMILES string of the molecule is CN(CC(=O)c1ccco1)Cc1nccn1C. The highest BCUT2D eigenvalue weighted by Crippen LogP contribution is 2.04. The zero-order valence-electron chi connectivity index (χ0n) is 9.96. The van der Waals surface area contributed by atoms with Crippen LogP contribution in [-0.2, 0) is 13.6 Å². The fourth-order valence-electron chi connectivity index (χ4n) is 1.61. The second kappa shape index (κ2) is 4.97. The number of likely N-dealkylation sites (N-methyl/N-ethyl adjacent to an activating group) is 1. The molecular formula is C12H15N3O2. The number of carbonyl (C=O) groups is 1. The van der Waals surface area contributed by atoms with Gasteiger partial charge in [-0.25, -0.2) is 4.98 Å². The van der Waals surface area contributed by atoms with Gasteiger partial charge in [0.25, 0.3) is 0 Å². The molecule has 17 heavy (non-hydrogen) atoms. The van der Waals surface area contributed by atoms with Crippen molar-refractivity contribution in [2.45, 2.75) is 6.54 Å². The summed E-state index contributed by atoms with van der Waals surface area (Å²) in [4.78, 5) is 17.9. The number of aromatic nitrogens is 2. The van der Waals surface area contributed by atoms with Crippen LogP contribution in [0.4, 0.5) is 0 Å². The number of ketones is 1. The van der Waals surface area contributed by atoms with E-state index in [9.17, 15) is 4.79 Å². The van der Waals surface area contributed by atoms with Crippen LogP contribution in [0.1, 0.15) is 16.4 Å². The van der Waals surface area contributed by atoms with Crippen molar-refractivity contribution in [2.75, 3.05) is 13.6 Å². The second-order valence-corrected chi connectivity index (χ2v) is 4.03. The van der Waals surface area contributed by atoms with E-state index < -0.39 is 0 Å². The molecule has 5 heteroatoms. The van der Waals surface area contributed by atoms with E-state index in [2.05, 4.69) is 4.98 Å². The van der Waals surface area contributed by atoms with Gasteiger partial charge in [-0.05, 0) is 19.2 Å². The molecule has 0 saturated carbocycles. The van der Waals surface area contributed by atoms with Gasteiger partial charge in [0.1, 0.15) is 5.82 Å². The summed E-state index contributed by atoms with van der Waals surface area (Å²) in [6.45, 7) is 0.955. The third-order valence-corrected chi connectivity index (χ3v) is 2.54. The van der Waals surface area contributed by atoms with E-state index >= 15 is 0 Å². The van der Waals surface area contributed by atoms with Gasteiger partial charge in [0.2, 0.25) is 5.78 Å². The topological polar surface area (TPSA) is 51.3 Å². The third-order valence-electron chi connectivity index (χ3n) is 2.54. The molecule has 0 aliphatic heterocycles. The van der Waals surface area contributed by atoms with Gasteiger partial charge >= 0.3 is 0 Å². The summed E-state index contributed by atoms with van der Waals surface area (Å²) in [7, 11) is 3.82. The molecular weight excluding hydrogens is 218 g/mol. The molecule has 0 amide bonds. The van der Waals surface area contributed by atoms with Crippen molar-refractivity contribution in [3.05, 3.63) is 42.4 Å². The van der Waals surface area contributed by atoms with Gasteiger partial charge in [0.05, 0.1) is 19.4 Å². The standard InChI is InChI=1S/C12H15N3O2/c1-14(9-12-13-5-6-15(12)2)8-10(16)11-4-3-7-17-11/h3-7H,8-9H2,1-2H3. The van der Waals surface area contributed by atoms with Crippen LogP contribution < -0.4 is 0 Å². The number of rotatable bonds is 5. The van der Waals surface area contributed by atoms with Crippen molar-refractivity contribution >= 4 is 5.78 Å². The highest BCUT2D eigenvalue weighted by atomic mass is 16.3. The van der Waals surface area contributed by atoms with Crippen LogP contribution >= 0.6 is 0 Å². The van der Waals surface area contributed by atoms with Gasteiger partial charge in [0, 0.05) is 19.4 Å². The normalized spacial score (nSPS) is 11.0. The van der Waals surface area contributed by atoms with Crippen molar-refractivity contribution in [1.29, 1.82) is 0 Å². The Morgan fingerprint density at radius 3 is 3.00 bits per heavy atom. The smallest absolute Gasteiger partial charge is 0.211 e. The number of aryl methyl sites for hydroxylation is 1. The first-order valence-electron chi connectivity index (χ1n) is 5.38. The van der Waals surface area contributed by atoms with E-state index in [1.165, 1.54) is 6.26 Å². The van der Waals surface area contributed by atoms with Gasteiger partial charge in [-0.1, -0.05) is 0 Å². The van der Waals surface area contributed by atoms with Crippen LogP contribution in [0, 0.1) is 0 Å². The lowest BCUT2D eigenvalue weighted by Crippen LogP contribution is -2.26. The summed E-state index contributed by atoms with van der Waals surface area (Å²) in [6, 6.07) is 3.39. The van der Waals surface area contributed by atoms with Crippen molar-refractivity contribution < 1.29 is 9.21 Å². The van der Waals surface area contributed by atoms with E-state index in [1.807, 2.05) is 29.8 Å². The molecule has 2 heterocycles. The molecule has 5 nitrogen and oxygen atoms in total. The van der Waals surface area contributed by atoms with E-state index in [4.69, 9.17) is 4.42 Å². The van der Waals surface area contributed by atoms with E-state index in [0.29, 0.717) is 18.8 Å². The first-order chi connectivity index (χ1) is 8.16. The number of Topliss-reactive ketones (excluding diaryl/α,β-unsaturated/α-hetero) is 1. The summed E-state index contributed by atoms with van der Waals surface area (Å²) in [6.07, 6.45) is 5.14. The Morgan fingerprint density at radius 1 is 1.59 bits per heavy atom. The Morgan fingerprint density at radius 2 is 2.41 bits per heavy atom. The van der Waals surface area contributed by atoms with Crippen molar-refractivity contribution in [3.63, 3.8) is 0 Å². The summed E-state index contributed by atoms with van der Waals surface area (Å²) in [5, 5.41) is 0. The molecule has 0 spiro atoms. The van der Waals surface area contributed by atoms with Crippen LogP contribution in [0.15, 0.2) is 35.2 Å². The Labute approximate surface area is 99.7 Å². The maximum atomic E-state index is 11.8. The maximum absolute atomic E-state index is 11.8. The molecule has 0 fully saturated rings. The molecule has 0 bridgehead atoms. The molecule has 0 atom stereocenters. The summed E-state index contributed by atoms with van der Waals surface area (Å²) >= 11 is 0. The maximum Gasteiger partial charge on any atom is 0.211 e. The van der Waals surface area contributed by atoms with Crippen molar-refractivity contribution in [2.24, 2.45) is 7.05 Å². The highest BCUT2D eigenvalue weighted by molar-refractivity contribution is 5.94.